The molecule has 0 spiro atoms. The first-order valence-electron chi connectivity index (χ1n) is 9.49. The summed E-state index contributed by atoms with van der Waals surface area (Å²) in [5.74, 6) is -0.111. The molecule has 28 heavy (non-hydrogen) atoms. The number of aryl methyl sites for hydroxylation is 2. The molecule has 1 amide bonds. The molecule has 1 saturated heterocycles. The van der Waals surface area contributed by atoms with Crippen molar-refractivity contribution in [3.8, 4) is 0 Å². The molecule has 1 fully saturated rings. The van der Waals surface area contributed by atoms with E-state index in [1.165, 1.54) is 9.87 Å². The number of nitrogens with zero attached hydrogens (tertiary/aromatic N) is 1. The van der Waals surface area contributed by atoms with Crippen LogP contribution in [0.2, 0.25) is 0 Å². The highest BCUT2D eigenvalue weighted by atomic mass is 32.2. The van der Waals surface area contributed by atoms with E-state index in [-0.39, 0.29) is 10.8 Å². The van der Waals surface area contributed by atoms with E-state index in [4.69, 9.17) is 4.74 Å². The highest BCUT2D eigenvalue weighted by Gasteiger charge is 2.26. The standard InChI is InChI=1S/C21H26N2O4S/c1-17-10-11-19(28(25,26)23-12-14-27-15-13-23)16-20(17)22-21(24)9-5-8-18-6-3-2-4-7-18/h2-4,6-7,10-11,16H,5,8-9,12-15H2,1H3,(H,22,24). The van der Waals surface area contributed by atoms with Crippen LogP contribution in [0, 0.1) is 6.92 Å². The van der Waals surface area contributed by atoms with Crippen molar-refractivity contribution in [2.24, 2.45) is 0 Å². The van der Waals surface area contributed by atoms with Crippen molar-refractivity contribution in [2.75, 3.05) is 31.6 Å². The molecule has 7 heteroatoms. The molecule has 0 atom stereocenters. The molecule has 0 aliphatic carbocycles. The highest BCUT2D eigenvalue weighted by Crippen LogP contribution is 2.24. The van der Waals surface area contributed by atoms with E-state index < -0.39 is 10.0 Å². The quantitative estimate of drug-likeness (QED) is 0.773. The molecule has 2 aromatic rings. The summed E-state index contributed by atoms with van der Waals surface area (Å²) in [5.41, 5.74) is 2.57. The molecular formula is C21H26N2O4S. The number of anilines is 1. The first kappa shape index (κ1) is 20.5. The van der Waals surface area contributed by atoms with Gasteiger partial charge < -0.3 is 10.1 Å². The second-order valence-electron chi connectivity index (χ2n) is 6.88. The van der Waals surface area contributed by atoms with Gasteiger partial charge in [-0.15, -0.1) is 0 Å². The van der Waals surface area contributed by atoms with Crippen LogP contribution in [-0.2, 0) is 26.0 Å². The Balaban J connectivity index is 1.63. The number of benzene rings is 2. The molecule has 0 saturated carbocycles. The van der Waals surface area contributed by atoms with Gasteiger partial charge in [-0.25, -0.2) is 8.42 Å². The number of amides is 1. The summed E-state index contributed by atoms with van der Waals surface area (Å²) >= 11 is 0. The Hall–Kier alpha value is -2.22. The van der Waals surface area contributed by atoms with Crippen molar-refractivity contribution >= 4 is 21.6 Å². The van der Waals surface area contributed by atoms with Crippen molar-refractivity contribution in [1.29, 1.82) is 0 Å². The third kappa shape index (κ3) is 5.19. The van der Waals surface area contributed by atoms with Crippen molar-refractivity contribution < 1.29 is 17.9 Å². The molecule has 150 valence electrons. The van der Waals surface area contributed by atoms with Crippen LogP contribution in [0.5, 0.6) is 0 Å². The minimum atomic E-state index is -3.59. The molecule has 6 nitrogen and oxygen atoms in total. The molecule has 0 aromatic heterocycles. The lowest BCUT2D eigenvalue weighted by Crippen LogP contribution is -2.40. The Morgan fingerprint density at radius 2 is 1.82 bits per heavy atom. The number of ether oxygens (including phenoxy) is 1. The lowest BCUT2D eigenvalue weighted by atomic mass is 10.1. The normalized spacial score (nSPS) is 15.3. The van der Waals surface area contributed by atoms with E-state index in [0.29, 0.717) is 38.4 Å². The van der Waals surface area contributed by atoms with Crippen LogP contribution in [0.25, 0.3) is 0 Å². The Bertz CT molecular complexity index is 907. The molecule has 2 aromatic carbocycles. The molecular weight excluding hydrogens is 376 g/mol. The summed E-state index contributed by atoms with van der Waals surface area (Å²) in [6, 6.07) is 14.9. The minimum absolute atomic E-state index is 0.111. The average Bonchev–Trinajstić information content (AvgIpc) is 2.71. The molecule has 0 radical (unpaired) electrons. The van der Waals surface area contributed by atoms with E-state index in [1.54, 1.807) is 18.2 Å². The van der Waals surface area contributed by atoms with Gasteiger partial charge in [0.2, 0.25) is 15.9 Å². The van der Waals surface area contributed by atoms with Gasteiger partial charge in [0.05, 0.1) is 18.1 Å². The zero-order chi connectivity index (χ0) is 20.0. The molecule has 0 unspecified atom stereocenters. The summed E-state index contributed by atoms with van der Waals surface area (Å²) < 4.78 is 32.3. The number of sulfonamides is 1. The van der Waals surface area contributed by atoms with Crippen molar-refractivity contribution in [1.82, 2.24) is 4.31 Å². The van der Waals surface area contributed by atoms with Crippen LogP contribution in [0.4, 0.5) is 5.69 Å². The van der Waals surface area contributed by atoms with Crippen LogP contribution in [-0.4, -0.2) is 44.9 Å². The third-order valence-electron chi connectivity index (χ3n) is 4.80. The monoisotopic (exact) mass is 402 g/mol. The van der Waals surface area contributed by atoms with Gasteiger partial charge in [0, 0.05) is 25.2 Å². The Morgan fingerprint density at radius 1 is 1.11 bits per heavy atom. The Morgan fingerprint density at radius 3 is 2.54 bits per heavy atom. The number of carbonyl (C=O) groups is 1. The maximum Gasteiger partial charge on any atom is 0.243 e. The molecule has 1 aliphatic rings. The lowest BCUT2D eigenvalue weighted by molar-refractivity contribution is -0.116. The van der Waals surface area contributed by atoms with E-state index in [1.807, 2.05) is 37.3 Å². The Labute approximate surface area is 166 Å². The largest absolute Gasteiger partial charge is 0.379 e. The van der Waals surface area contributed by atoms with Gasteiger partial charge in [0.1, 0.15) is 0 Å². The van der Waals surface area contributed by atoms with Crippen LogP contribution in [0.1, 0.15) is 24.0 Å². The van der Waals surface area contributed by atoms with E-state index in [0.717, 1.165) is 18.4 Å². The van der Waals surface area contributed by atoms with E-state index >= 15 is 0 Å². The second kappa shape index (κ2) is 9.32. The number of hydrogen-bond acceptors (Lipinski definition) is 4. The average molecular weight is 403 g/mol. The number of carbonyl (C=O) groups excluding carboxylic acids is 1. The summed E-state index contributed by atoms with van der Waals surface area (Å²) in [5, 5.41) is 2.87. The number of morpholine rings is 1. The van der Waals surface area contributed by atoms with Crippen LogP contribution in [0.15, 0.2) is 53.4 Å². The fourth-order valence-electron chi connectivity index (χ4n) is 3.14. The zero-order valence-corrected chi connectivity index (χ0v) is 16.9. The van der Waals surface area contributed by atoms with Gasteiger partial charge in [-0.2, -0.15) is 4.31 Å². The fourth-order valence-corrected chi connectivity index (χ4v) is 4.58. The number of hydrogen-bond donors (Lipinski definition) is 1. The lowest BCUT2D eigenvalue weighted by Gasteiger charge is -2.26. The topological polar surface area (TPSA) is 75.7 Å². The van der Waals surface area contributed by atoms with Crippen molar-refractivity contribution in [3.05, 3.63) is 59.7 Å². The molecule has 1 N–H and O–H groups in total. The predicted octanol–water partition coefficient (Wildman–Crippen LogP) is 2.98. The number of nitrogens with one attached hydrogen (secondary N) is 1. The van der Waals surface area contributed by atoms with Gasteiger partial charge in [-0.05, 0) is 43.0 Å². The second-order valence-corrected chi connectivity index (χ2v) is 8.82. The Kier molecular flexibility index (Phi) is 6.83. The van der Waals surface area contributed by atoms with Gasteiger partial charge in [0.15, 0.2) is 0 Å². The van der Waals surface area contributed by atoms with Crippen LogP contribution in [0.3, 0.4) is 0 Å². The predicted molar refractivity (Wildman–Crippen MR) is 109 cm³/mol. The molecule has 1 aliphatic heterocycles. The first-order chi connectivity index (χ1) is 13.5. The van der Waals surface area contributed by atoms with Crippen molar-refractivity contribution in [2.45, 2.75) is 31.1 Å². The smallest absolute Gasteiger partial charge is 0.243 e. The maximum atomic E-state index is 12.8. The van der Waals surface area contributed by atoms with Gasteiger partial charge in [0.25, 0.3) is 0 Å². The fraction of sp³-hybridized carbons (Fsp3) is 0.381. The summed E-state index contributed by atoms with van der Waals surface area (Å²) in [6.45, 7) is 3.34. The summed E-state index contributed by atoms with van der Waals surface area (Å²) in [7, 11) is -3.59. The van der Waals surface area contributed by atoms with Gasteiger partial charge >= 0.3 is 0 Å². The molecule has 3 rings (SSSR count). The number of rotatable bonds is 7. The van der Waals surface area contributed by atoms with Crippen LogP contribution < -0.4 is 5.32 Å². The van der Waals surface area contributed by atoms with E-state index in [9.17, 15) is 13.2 Å². The zero-order valence-electron chi connectivity index (χ0n) is 16.1. The van der Waals surface area contributed by atoms with Crippen molar-refractivity contribution in [3.63, 3.8) is 0 Å². The van der Waals surface area contributed by atoms with Gasteiger partial charge in [-0.1, -0.05) is 36.4 Å². The molecule has 0 bridgehead atoms. The highest BCUT2D eigenvalue weighted by molar-refractivity contribution is 7.89. The van der Waals surface area contributed by atoms with E-state index in [2.05, 4.69) is 5.32 Å². The first-order valence-corrected chi connectivity index (χ1v) is 10.9. The third-order valence-corrected chi connectivity index (χ3v) is 6.70. The van der Waals surface area contributed by atoms with Gasteiger partial charge in [-0.3, -0.25) is 4.79 Å². The van der Waals surface area contributed by atoms with Crippen LogP contribution >= 0.6 is 0 Å². The summed E-state index contributed by atoms with van der Waals surface area (Å²) in [4.78, 5) is 12.5. The maximum absolute atomic E-state index is 12.8. The minimum Gasteiger partial charge on any atom is -0.379 e. The SMILES string of the molecule is Cc1ccc(S(=O)(=O)N2CCOCC2)cc1NC(=O)CCCc1ccccc1. The summed E-state index contributed by atoms with van der Waals surface area (Å²) in [6.07, 6.45) is 1.95. The molecule has 1 heterocycles.